The molecule has 0 aliphatic heterocycles. The first-order valence-corrected chi connectivity index (χ1v) is 6.30. The largest absolute Gasteiger partial charge is 0.307 e. The average Bonchev–Trinajstić information content (AvgIpc) is 2.40. The molecule has 0 spiro atoms. The quantitative estimate of drug-likeness (QED) is 0.869. The third-order valence-corrected chi connectivity index (χ3v) is 2.97. The Balaban J connectivity index is 2.04. The molecule has 0 radical (unpaired) electrons. The molecular weight excluding hydrogens is 270 g/mol. The number of carbonyl (C=O) groups is 1. The van der Waals surface area contributed by atoms with E-state index in [1.54, 1.807) is 24.4 Å². The van der Waals surface area contributed by atoms with Crippen LogP contribution in [-0.2, 0) is 0 Å². The van der Waals surface area contributed by atoms with Crippen molar-refractivity contribution in [2.24, 2.45) is 0 Å². The number of hydrogen-bond acceptors (Lipinski definition) is 3. The van der Waals surface area contributed by atoms with Crippen molar-refractivity contribution in [2.45, 2.75) is 10.7 Å². The molecule has 0 saturated carbocycles. The molecule has 1 N–H and O–H groups in total. The third kappa shape index (κ3) is 4.03. The molecule has 1 heterocycles. The highest BCUT2D eigenvalue weighted by atomic mass is 32.2. The van der Waals surface area contributed by atoms with Crippen LogP contribution in [0.1, 0.15) is 10.4 Å². The number of anilines is 1. The topological polar surface area (TPSA) is 42.0 Å². The van der Waals surface area contributed by atoms with E-state index < -0.39 is 5.76 Å². The molecule has 6 heteroatoms. The van der Waals surface area contributed by atoms with Crippen molar-refractivity contribution in [1.29, 1.82) is 0 Å². The van der Waals surface area contributed by atoms with Gasteiger partial charge < -0.3 is 5.32 Å². The molecule has 19 heavy (non-hydrogen) atoms. The summed E-state index contributed by atoms with van der Waals surface area (Å²) in [6, 6.07) is 11.1. The van der Waals surface area contributed by atoms with Crippen molar-refractivity contribution in [1.82, 2.24) is 4.98 Å². The molecule has 2 rings (SSSR count). The van der Waals surface area contributed by atoms with E-state index in [2.05, 4.69) is 10.3 Å². The molecule has 0 aliphatic rings. The maximum Gasteiger partial charge on any atom is 0.288 e. The van der Waals surface area contributed by atoms with Gasteiger partial charge in [0.2, 0.25) is 0 Å². The Hall–Kier alpha value is -1.95. The van der Waals surface area contributed by atoms with Crippen LogP contribution in [0.4, 0.5) is 14.6 Å². The zero-order valence-corrected chi connectivity index (χ0v) is 10.5. The second kappa shape index (κ2) is 6.29. The molecule has 0 unspecified atom stereocenters. The van der Waals surface area contributed by atoms with E-state index in [1.807, 2.05) is 0 Å². The van der Waals surface area contributed by atoms with Gasteiger partial charge in [0, 0.05) is 16.7 Å². The van der Waals surface area contributed by atoms with Gasteiger partial charge in [0.05, 0.1) is 0 Å². The minimum atomic E-state index is -2.46. The van der Waals surface area contributed by atoms with Crippen molar-refractivity contribution in [2.75, 3.05) is 5.32 Å². The van der Waals surface area contributed by atoms with E-state index in [1.165, 1.54) is 24.3 Å². The predicted molar refractivity (Wildman–Crippen MR) is 70.5 cm³/mol. The summed E-state index contributed by atoms with van der Waals surface area (Å²) in [5, 5.41) is 2.61. The Morgan fingerprint density at radius 1 is 1.16 bits per heavy atom. The molecular formula is C13H10F2N2OS. The van der Waals surface area contributed by atoms with Crippen molar-refractivity contribution >= 4 is 23.5 Å². The fourth-order valence-electron chi connectivity index (χ4n) is 1.41. The Labute approximate surface area is 113 Å². The van der Waals surface area contributed by atoms with Gasteiger partial charge in [-0.3, -0.25) is 4.79 Å². The van der Waals surface area contributed by atoms with Crippen molar-refractivity contribution in [3.63, 3.8) is 0 Å². The van der Waals surface area contributed by atoms with Crippen LogP contribution in [0.15, 0.2) is 53.6 Å². The number of pyridine rings is 1. The summed E-state index contributed by atoms with van der Waals surface area (Å²) < 4.78 is 24.3. The number of halogens is 2. The lowest BCUT2D eigenvalue weighted by atomic mass is 10.2. The summed E-state index contributed by atoms with van der Waals surface area (Å²) >= 11 is 0.445. The molecule has 98 valence electrons. The number of carbonyl (C=O) groups excluding carboxylic acids is 1. The molecule has 3 nitrogen and oxygen atoms in total. The van der Waals surface area contributed by atoms with Gasteiger partial charge in [-0.15, -0.1) is 0 Å². The molecule has 0 saturated heterocycles. The zero-order valence-electron chi connectivity index (χ0n) is 9.72. The molecule has 0 fully saturated rings. The smallest absolute Gasteiger partial charge is 0.288 e. The number of alkyl halides is 2. The molecule has 1 aromatic carbocycles. The highest BCUT2D eigenvalue weighted by molar-refractivity contribution is 7.99. The summed E-state index contributed by atoms with van der Waals surface area (Å²) in [4.78, 5) is 16.2. The highest BCUT2D eigenvalue weighted by Gasteiger charge is 2.08. The SMILES string of the molecule is O=C(Nc1ccccn1)c1ccc(SC(F)F)cc1. The van der Waals surface area contributed by atoms with Crippen LogP contribution < -0.4 is 5.32 Å². The Morgan fingerprint density at radius 3 is 2.47 bits per heavy atom. The standard InChI is InChI=1S/C13H10F2N2OS/c14-13(15)19-10-6-4-9(5-7-10)12(18)17-11-3-1-2-8-16-11/h1-8,13H,(H,16,17,18). The summed E-state index contributed by atoms with van der Waals surface area (Å²) in [5.74, 6) is -2.35. The predicted octanol–water partition coefficient (Wildman–Crippen LogP) is 3.65. The molecule has 1 aromatic heterocycles. The monoisotopic (exact) mass is 280 g/mol. The second-order valence-corrected chi connectivity index (χ2v) is 4.64. The van der Waals surface area contributed by atoms with Crippen LogP contribution in [0.5, 0.6) is 0 Å². The fraction of sp³-hybridized carbons (Fsp3) is 0.0769. The van der Waals surface area contributed by atoms with Gasteiger partial charge in [-0.1, -0.05) is 17.8 Å². The zero-order chi connectivity index (χ0) is 13.7. The maximum atomic E-state index is 12.1. The Kier molecular flexibility index (Phi) is 4.46. The van der Waals surface area contributed by atoms with Gasteiger partial charge in [-0.25, -0.2) is 4.98 Å². The van der Waals surface area contributed by atoms with Crippen molar-refractivity contribution in [3.8, 4) is 0 Å². The Bertz CT molecular complexity index is 546. The normalized spacial score (nSPS) is 10.5. The number of benzene rings is 1. The lowest BCUT2D eigenvalue weighted by molar-refractivity contribution is 0.102. The summed E-state index contributed by atoms with van der Waals surface area (Å²) in [7, 11) is 0. The first-order valence-electron chi connectivity index (χ1n) is 5.42. The molecule has 2 aromatic rings. The number of nitrogens with zero attached hydrogens (tertiary/aromatic N) is 1. The van der Waals surface area contributed by atoms with Crippen LogP contribution in [0.2, 0.25) is 0 Å². The van der Waals surface area contributed by atoms with Crippen molar-refractivity contribution in [3.05, 3.63) is 54.2 Å². The van der Waals surface area contributed by atoms with Crippen LogP contribution in [0.3, 0.4) is 0 Å². The maximum absolute atomic E-state index is 12.1. The highest BCUT2D eigenvalue weighted by Crippen LogP contribution is 2.25. The number of rotatable bonds is 4. The van der Waals surface area contributed by atoms with Gasteiger partial charge in [0.15, 0.2) is 0 Å². The van der Waals surface area contributed by atoms with Gasteiger partial charge >= 0.3 is 0 Å². The molecule has 1 amide bonds. The minimum absolute atomic E-state index is 0.327. The van der Waals surface area contributed by atoms with E-state index in [-0.39, 0.29) is 5.91 Å². The van der Waals surface area contributed by atoms with Gasteiger partial charge in [-0.2, -0.15) is 8.78 Å². The number of amides is 1. The van der Waals surface area contributed by atoms with E-state index in [0.717, 1.165) is 0 Å². The van der Waals surface area contributed by atoms with Crippen LogP contribution >= 0.6 is 11.8 Å². The number of aromatic nitrogens is 1. The number of hydrogen-bond donors (Lipinski definition) is 1. The number of nitrogens with one attached hydrogen (secondary N) is 1. The lowest BCUT2D eigenvalue weighted by Crippen LogP contribution is -2.12. The number of thioether (sulfide) groups is 1. The first kappa shape index (κ1) is 13.5. The summed E-state index contributed by atoms with van der Waals surface area (Å²) in [5.41, 5.74) is 0.393. The van der Waals surface area contributed by atoms with E-state index in [0.29, 0.717) is 28.0 Å². The second-order valence-electron chi connectivity index (χ2n) is 3.57. The van der Waals surface area contributed by atoms with Crippen LogP contribution in [0, 0.1) is 0 Å². The van der Waals surface area contributed by atoms with Gasteiger partial charge in [0.25, 0.3) is 11.7 Å². The molecule has 0 atom stereocenters. The van der Waals surface area contributed by atoms with Crippen LogP contribution in [-0.4, -0.2) is 16.6 Å². The summed E-state index contributed by atoms with van der Waals surface area (Å²) in [6.45, 7) is 0. The third-order valence-electron chi connectivity index (χ3n) is 2.25. The Morgan fingerprint density at radius 2 is 1.89 bits per heavy atom. The molecule has 0 bridgehead atoms. The average molecular weight is 280 g/mol. The minimum Gasteiger partial charge on any atom is -0.307 e. The fourth-order valence-corrected chi connectivity index (χ4v) is 1.91. The van der Waals surface area contributed by atoms with Crippen molar-refractivity contribution < 1.29 is 13.6 Å². The van der Waals surface area contributed by atoms with Gasteiger partial charge in [-0.05, 0) is 36.4 Å². The molecule has 0 aliphatic carbocycles. The summed E-state index contributed by atoms with van der Waals surface area (Å²) in [6.07, 6.45) is 1.57. The van der Waals surface area contributed by atoms with Gasteiger partial charge in [0.1, 0.15) is 5.82 Å². The van der Waals surface area contributed by atoms with E-state index >= 15 is 0 Å². The van der Waals surface area contributed by atoms with E-state index in [9.17, 15) is 13.6 Å². The van der Waals surface area contributed by atoms with E-state index in [4.69, 9.17) is 0 Å². The lowest BCUT2D eigenvalue weighted by Gasteiger charge is -2.05. The van der Waals surface area contributed by atoms with Crippen LogP contribution in [0.25, 0.3) is 0 Å². The first-order chi connectivity index (χ1) is 9.15.